The van der Waals surface area contributed by atoms with Gasteiger partial charge >= 0.3 is 0 Å². The molecule has 0 spiro atoms. The zero-order chi connectivity index (χ0) is 18.3. The third-order valence-corrected chi connectivity index (χ3v) is 4.87. The van der Waals surface area contributed by atoms with Gasteiger partial charge in [0.25, 0.3) is 11.5 Å². The molecule has 0 saturated carbocycles. The summed E-state index contributed by atoms with van der Waals surface area (Å²) in [7, 11) is 0. The summed E-state index contributed by atoms with van der Waals surface area (Å²) in [6.45, 7) is 4.61. The Kier molecular flexibility index (Phi) is 4.10. The van der Waals surface area contributed by atoms with E-state index in [2.05, 4.69) is 15.1 Å². The SMILES string of the molecule is CC(C)c1cc(C(=O)N2CCCCC2c2cc(=O)n3ccnc3[nH]2)on1. The van der Waals surface area contributed by atoms with Gasteiger partial charge in [-0.2, -0.15) is 0 Å². The minimum Gasteiger partial charge on any atom is -0.351 e. The number of aromatic nitrogens is 4. The molecule has 0 radical (unpaired) electrons. The van der Waals surface area contributed by atoms with Crippen LogP contribution in [0.4, 0.5) is 0 Å². The summed E-state index contributed by atoms with van der Waals surface area (Å²) in [6, 6.07) is 3.04. The van der Waals surface area contributed by atoms with Crippen LogP contribution in [0.5, 0.6) is 0 Å². The first kappa shape index (κ1) is 16.6. The largest absolute Gasteiger partial charge is 0.351 e. The van der Waals surface area contributed by atoms with Crippen LogP contribution in [0.15, 0.2) is 33.8 Å². The Balaban J connectivity index is 1.69. The summed E-state index contributed by atoms with van der Waals surface area (Å²) in [5.41, 5.74) is 1.30. The van der Waals surface area contributed by atoms with Crippen LogP contribution < -0.4 is 5.56 Å². The van der Waals surface area contributed by atoms with Crippen LogP contribution in [0.1, 0.15) is 67.0 Å². The van der Waals surface area contributed by atoms with Crippen LogP contribution >= 0.6 is 0 Å². The minimum atomic E-state index is -0.210. The number of hydrogen-bond acceptors (Lipinski definition) is 5. The number of amides is 1. The van der Waals surface area contributed by atoms with E-state index in [4.69, 9.17) is 4.52 Å². The van der Waals surface area contributed by atoms with Crippen LogP contribution in [0, 0.1) is 0 Å². The van der Waals surface area contributed by atoms with E-state index in [0.717, 1.165) is 25.0 Å². The number of rotatable bonds is 3. The molecule has 4 heterocycles. The molecule has 0 aromatic carbocycles. The molecule has 8 heteroatoms. The summed E-state index contributed by atoms with van der Waals surface area (Å²) >= 11 is 0. The number of H-pyrrole nitrogens is 1. The molecule has 3 aromatic rings. The second-order valence-electron chi connectivity index (χ2n) is 6.96. The van der Waals surface area contributed by atoms with Crippen LogP contribution in [0.25, 0.3) is 5.78 Å². The summed E-state index contributed by atoms with van der Waals surface area (Å²) in [6.07, 6.45) is 5.88. The van der Waals surface area contributed by atoms with Gasteiger partial charge in [-0.1, -0.05) is 19.0 Å². The molecule has 0 bridgehead atoms. The molecule has 1 unspecified atom stereocenters. The molecule has 1 atom stereocenters. The summed E-state index contributed by atoms with van der Waals surface area (Å²) < 4.78 is 6.73. The molecule has 0 aliphatic carbocycles. The van der Waals surface area contributed by atoms with Crippen molar-refractivity contribution in [2.45, 2.75) is 45.1 Å². The van der Waals surface area contributed by atoms with Gasteiger partial charge in [-0.3, -0.25) is 14.0 Å². The summed E-state index contributed by atoms with van der Waals surface area (Å²) in [4.78, 5) is 34.4. The van der Waals surface area contributed by atoms with E-state index in [0.29, 0.717) is 18.0 Å². The van der Waals surface area contributed by atoms with Crippen molar-refractivity contribution >= 4 is 11.7 Å². The monoisotopic (exact) mass is 355 g/mol. The van der Waals surface area contributed by atoms with E-state index in [1.807, 2.05) is 13.8 Å². The van der Waals surface area contributed by atoms with E-state index in [1.54, 1.807) is 29.4 Å². The fraction of sp³-hybridized carbons (Fsp3) is 0.444. The van der Waals surface area contributed by atoms with E-state index in [9.17, 15) is 9.59 Å². The standard InChI is InChI=1S/C18H21N5O3/c1-11(2)12-9-15(26-21-12)17(25)22-7-4-3-5-14(22)13-10-16(24)23-8-6-19-18(23)20-13/h6,8-11,14H,3-5,7H2,1-2H3,(H,19,20). The van der Waals surface area contributed by atoms with E-state index >= 15 is 0 Å². The maximum Gasteiger partial charge on any atom is 0.293 e. The molecule has 1 amide bonds. The molecule has 1 aliphatic heterocycles. The van der Waals surface area contributed by atoms with Crippen molar-refractivity contribution in [1.29, 1.82) is 0 Å². The topological polar surface area (TPSA) is 96.5 Å². The van der Waals surface area contributed by atoms with Crippen LogP contribution in [-0.2, 0) is 0 Å². The highest BCUT2D eigenvalue weighted by Gasteiger charge is 2.32. The molecule has 1 N–H and O–H groups in total. The Hall–Kier alpha value is -2.90. The van der Waals surface area contributed by atoms with Gasteiger partial charge in [0, 0.05) is 36.8 Å². The van der Waals surface area contributed by atoms with Gasteiger partial charge in [-0.15, -0.1) is 0 Å². The van der Waals surface area contributed by atoms with Crippen molar-refractivity contribution in [3.05, 3.63) is 52.0 Å². The minimum absolute atomic E-state index is 0.161. The van der Waals surface area contributed by atoms with Gasteiger partial charge in [0.2, 0.25) is 11.5 Å². The molecule has 3 aromatic heterocycles. The first-order valence-electron chi connectivity index (χ1n) is 8.88. The molecular weight excluding hydrogens is 334 g/mol. The Morgan fingerprint density at radius 3 is 2.96 bits per heavy atom. The van der Waals surface area contributed by atoms with Gasteiger partial charge in [0.05, 0.1) is 11.7 Å². The lowest BCUT2D eigenvalue weighted by molar-refractivity contribution is 0.0563. The van der Waals surface area contributed by atoms with Crippen LogP contribution in [0.2, 0.25) is 0 Å². The quantitative estimate of drug-likeness (QED) is 0.779. The smallest absolute Gasteiger partial charge is 0.293 e. The number of nitrogens with one attached hydrogen (secondary N) is 1. The fourth-order valence-electron chi connectivity index (χ4n) is 3.42. The highest BCUT2D eigenvalue weighted by Crippen LogP contribution is 2.31. The second kappa shape index (κ2) is 6.44. The highest BCUT2D eigenvalue weighted by molar-refractivity contribution is 5.91. The lowest BCUT2D eigenvalue weighted by Gasteiger charge is -2.35. The molecule has 136 valence electrons. The number of imidazole rings is 1. The van der Waals surface area contributed by atoms with E-state index < -0.39 is 0 Å². The summed E-state index contributed by atoms with van der Waals surface area (Å²) in [5.74, 6) is 0.715. The molecule has 4 rings (SSSR count). The third kappa shape index (κ3) is 2.81. The van der Waals surface area contributed by atoms with Crippen molar-refractivity contribution in [3.63, 3.8) is 0 Å². The maximum atomic E-state index is 13.0. The molecule has 8 nitrogen and oxygen atoms in total. The second-order valence-corrected chi connectivity index (χ2v) is 6.96. The van der Waals surface area contributed by atoms with E-state index in [-0.39, 0.29) is 29.2 Å². The normalized spacial score (nSPS) is 18.0. The van der Waals surface area contributed by atoms with Crippen LogP contribution in [0.3, 0.4) is 0 Å². The molecule has 1 saturated heterocycles. The number of carbonyl (C=O) groups excluding carboxylic acids is 1. The number of piperidine rings is 1. The first-order chi connectivity index (χ1) is 12.5. The van der Waals surface area contributed by atoms with Crippen molar-refractivity contribution in [3.8, 4) is 0 Å². The number of fused-ring (bicyclic) bond motifs is 1. The van der Waals surface area contributed by atoms with Gasteiger partial charge in [0.1, 0.15) is 0 Å². The zero-order valence-electron chi connectivity index (χ0n) is 14.8. The third-order valence-electron chi connectivity index (χ3n) is 4.87. The molecule has 1 fully saturated rings. The molecule has 26 heavy (non-hydrogen) atoms. The van der Waals surface area contributed by atoms with Crippen molar-refractivity contribution in [1.82, 2.24) is 24.4 Å². The Morgan fingerprint density at radius 2 is 2.19 bits per heavy atom. The van der Waals surface area contributed by atoms with Gasteiger partial charge in [0.15, 0.2) is 0 Å². The van der Waals surface area contributed by atoms with Gasteiger partial charge in [-0.25, -0.2) is 4.98 Å². The van der Waals surface area contributed by atoms with Crippen molar-refractivity contribution in [2.75, 3.05) is 6.54 Å². The number of hydrogen-bond donors (Lipinski definition) is 1. The predicted octanol–water partition coefficient (Wildman–Crippen LogP) is 2.50. The molecular formula is C18H21N5O3. The highest BCUT2D eigenvalue weighted by atomic mass is 16.5. The average molecular weight is 355 g/mol. The zero-order valence-corrected chi connectivity index (χ0v) is 14.8. The lowest BCUT2D eigenvalue weighted by atomic mass is 9.98. The van der Waals surface area contributed by atoms with Gasteiger partial charge < -0.3 is 14.4 Å². The van der Waals surface area contributed by atoms with Crippen molar-refractivity contribution < 1.29 is 9.32 Å². The Bertz CT molecular complexity index is 1000. The average Bonchev–Trinajstić information content (AvgIpc) is 3.30. The van der Waals surface area contributed by atoms with Gasteiger partial charge in [-0.05, 0) is 25.2 Å². The summed E-state index contributed by atoms with van der Waals surface area (Å²) in [5, 5.41) is 3.98. The van der Waals surface area contributed by atoms with Crippen LogP contribution in [-0.4, -0.2) is 36.9 Å². The number of likely N-dealkylation sites (tertiary alicyclic amines) is 1. The number of nitrogens with zero attached hydrogens (tertiary/aromatic N) is 4. The Morgan fingerprint density at radius 1 is 1.35 bits per heavy atom. The maximum absolute atomic E-state index is 13.0. The fourth-order valence-corrected chi connectivity index (χ4v) is 3.42. The first-order valence-corrected chi connectivity index (χ1v) is 8.88. The number of carbonyl (C=O) groups is 1. The van der Waals surface area contributed by atoms with E-state index in [1.165, 1.54) is 4.40 Å². The predicted molar refractivity (Wildman–Crippen MR) is 94.0 cm³/mol. The number of aromatic amines is 1. The lowest BCUT2D eigenvalue weighted by Crippen LogP contribution is -2.39. The Labute approximate surface area is 149 Å². The van der Waals surface area contributed by atoms with Crippen molar-refractivity contribution in [2.24, 2.45) is 0 Å². The molecule has 1 aliphatic rings.